The number of rotatable bonds is 12. The number of nitrogens with one attached hydrogen (secondary N) is 1. The fourth-order valence-corrected chi connectivity index (χ4v) is 4.39. The van der Waals surface area contributed by atoms with E-state index in [4.69, 9.17) is 19.2 Å². The van der Waals surface area contributed by atoms with Gasteiger partial charge in [0.15, 0.2) is 0 Å². The van der Waals surface area contributed by atoms with E-state index in [0.717, 1.165) is 35.7 Å². The van der Waals surface area contributed by atoms with Crippen LogP contribution in [-0.2, 0) is 29.0 Å². The molecule has 4 rings (SSSR count). The molecule has 3 aromatic rings. The van der Waals surface area contributed by atoms with Gasteiger partial charge in [0.05, 0.1) is 44.2 Å². The van der Waals surface area contributed by atoms with E-state index in [1.54, 1.807) is 6.07 Å². The number of amides is 1. The molecular formula is C31H38FN3O4. The molecule has 1 aliphatic rings. The van der Waals surface area contributed by atoms with E-state index in [9.17, 15) is 9.18 Å². The largest absolute Gasteiger partial charge is 0.494 e. The zero-order valence-corrected chi connectivity index (χ0v) is 23.0. The molecule has 0 bridgehead atoms. The van der Waals surface area contributed by atoms with Gasteiger partial charge >= 0.3 is 0 Å². The molecule has 1 N–H and O–H groups in total. The lowest BCUT2D eigenvalue weighted by molar-refractivity contribution is -0.120. The van der Waals surface area contributed by atoms with Gasteiger partial charge in [0.2, 0.25) is 5.91 Å². The van der Waals surface area contributed by atoms with Gasteiger partial charge in [-0.1, -0.05) is 32.0 Å². The second-order valence-corrected chi connectivity index (χ2v) is 10.1. The minimum Gasteiger partial charge on any atom is -0.494 e. The van der Waals surface area contributed by atoms with E-state index in [1.165, 1.54) is 12.1 Å². The molecule has 1 aliphatic heterocycles. The maximum Gasteiger partial charge on any atom is 0.226 e. The van der Waals surface area contributed by atoms with Crippen LogP contribution in [0.1, 0.15) is 37.7 Å². The van der Waals surface area contributed by atoms with Crippen LogP contribution < -0.4 is 14.8 Å². The minimum absolute atomic E-state index is 0.131. The summed E-state index contributed by atoms with van der Waals surface area (Å²) in [6.07, 6.45) is 0.131. The molecule has 0 aliphatic carbocycles. The van der Waals surface area contributed by atoms with Gasteiger partial charge in [0.1, 0.15) is 17.3 Å². The number of morpholine rings is 1. The van der Waals surface area contributed by atoms with Crippen molar-refractivity contribution in [3.05, 3.63) is 77.4 Å². The summed E-state index contributed by atoms with van der Waals surface area (Å²) in [4.78, 5) is 20.0. The molecule has 8 heteroatoms. The molecule has 1 aromatic heterocycles. The Balaban J connectivity index is 1.45. The van der Waals surface area contributed by atoms with Crippen LogP contribution >= 0.6 is 0 Å². The fraction of sp³-hybridized carbons (Fsp3) is 0.419. The lowest BCUT2D eigenvalue weighted by Gasteiger charge is -2.27. The summed E-state index contributed by atoms with van der Waals surface area (Å²) in [6, 6.07) is 16.5. The third-order valence-electron chi connectivity index (χ3n) is 6.33. The lowest BCUT2D eigenvalue weighted by atomic mass is 10.0. The molecule has 1 amide bonds. The van der Waals surface area contributed by atoms with Crippen LogP contribution in [0.3, 0.4) is 0 Å². The first kappa shape index (κ1) is 28.5. The van der Waals surface area contributed by atoms with Crippen LogP contribution in [0, 0.1) is 11.7 Å². The average Bonchev–Trinajstić information content (AvgIpc) is 2.92. The van der Waals surface area contributed by atoms with Crippen molar-refractivity contribution in [3.8, 4) is 22.6 Å². The number of hydrogen-bond acceptors (Lipinski definition) is 6. The third kappa shape index (κ3) is 8.76. The molecule has 1 saturated heterocycles. The lowest BCUT2D eigenvalue weighted by Crippen LogP contribution is -2.36. The first-order valence-electron chi connectivity index (χ1n) is 13.6. The van der Waals surface area contributed by atoms with Crippen LogP contribution in [0.2, 0.25) is 0 Å². The smallest absolute Gasteiger partial charge is 0.226 e. The predicted molar refractivity (Wildman–Crippen MR) is 149 cm³/mol. The van der Waals surface area contributed by atoms with Crippen LogP contribution in [0.15, 0.2) is 54.6 Å². The first-order chi connectivity index (χ1) is 18.9. The number of halogens is 1. The minimum atomic E-state index is -0.389. The summed E-state index contributed by atoms with van der Waals surface area (Å²) in [5, 5.41) is 2.89. The molecule has 0 saturated carbocycles. The zero-order valence-electron chi connectivity index (χ0n) is 23.0. The summed E-state index contributed by atoms with van der Waals surface area (Å²) in [7, 11) is 0. The van der Waals surface area contributed by atoms with Crippen molar-refractivity contribution in [2.45, 2.75) is 40.3 Å². The number of carbonyl (C=O) groups is 1. The van der Waals surface area contributed by atoms with Crippen molar-refractivity contribution in [2.75, 3.05) is 39.5 Å². The van der Waals surface area contributed by atoms with Crippen LogP contribution in [-0.4, -0.2) is 55.3 Å². The Morgan fingerprint density at radius 3 is 2.54 bits per heavy atom. The number of pyridine rings is 1. The molecule has 208 valence electrons. The maximum atomic E-state index is 14.1. The van der Waals surface area contributed by atoms with Crippen LogP contribution in [0.5, 0.6) is 11.5 Å². The van der Waals surface area contributed by atoms with Crippen molar-refractivity contribution in [1.82, 2.24) is 15.2 Å². The van der Waals surface area contributed by atoms with E-state index in [1.807, 2.05) is 57.2 Å². The standard InChI is InChI=1S/C31H38FN3O4/c1-4-38-27-8-5-24(6-9-27)29-10-7-26(34-30(29)20-35-11-13-37-14-12-35)18-31(36)33-19-23-15-25(32)17-28(16-23)39-21-22(2)3/h5-10,15-17,22H,4,11-14,18-21H2,1-3H3,(H,33,36). The summed E-state index contributed by atoms with van der Waals surface area (Å²) < 4.78 is 30.8. The van der Waals surface area contributed by atoms with Crippen molar-refractivity contribution < 1.29 is 23.4 Å². The third-order valence-corrected chi connectivity index (χ3v) is 6.33. The van der Waals surface area contributed by atoms with Crippen LogP contribution in [0.25, 0.3) is 11.1 Å². The molecule has 39 heavy (non-hydrogen) atoms. The first-order valence-corrected chi connectivity index (χ1v) is 13.6. The second-order valence-electron chi connectivity index (χ2n) is 10.1. The van der Waals surface area contributed by atoms with Gasteiger partial charge in [-0.05, 0) is 54.3 Å². The quantitative estimate of drug-likeness (QED) is 0.352. The van der Waals surface area contributed by atoms with Gasteiger partial charge in [0.25, 0.3) is 0 Å². The van der Waals surface area contributed by atoms with Gasteiger partial charge < -0.3 is 19.5 Å². The van der Waals surface area contributed by atoms with Gasteiger partial charge in [-0.15, -0.1) is 0 Å². The number of aromatic nitrogens is 1. The molecule has 7 nitrogen and oxygen atoms in total. The van der Waals surface area contributed by atoms with Gasteiger partial charge in [-0.25, -0.2) is 4.39 Å². The average molecular weight is 536 g/mol. The van der Waals surface area contributed by atoms with E-state index in [-0.39, 0.29) is 24.7 Å². The molecule has 1 fully saturated rings. The van der Waals surface area contributed by atoms with Crippen LogP contribution in [0.4, 0.5) is 4.39 Å². The van der Waals surface area contributed by atoms with E-state index in [0.29, 0.717) is 55.9 Å². The van der Waals surface area contributed by atoms with Crippen molar-refractivity contribution in [2.24, 2.45) is 5.92 Å². The highest BCUT2D eigenvalue weighted by atomic mass is 19.1. The van der Waals surface area contributed by atoms with E-state index in [2.05, 4.69) is 10.2 Å². The highest BCUT2D eigenvalue weighted by Gasteiger charge is 2.17. The summed E-state index contributed by atoms with van der Waals surface area (Å²) in [5.41, 5.74) is 4.33. The Kier molecular flexibility index (Phi) is 10.3. The summed E-state index contributed by atoms with van der Waals surface area (Å²) in [5.74, 6) is 1.06. The van der Waals surface area contributed by atoms with Gasteiger partial charge in [-0.3, -0.25) is 14.7 Å². The monoisotopic (exact) mass is 535 g/mol. The molecular weight excluding hydrogens is 497 g/mol. The molecule has 0 spiro atoms. The molecule has 0 unspecified atom stereocenters. The van der Waals surface area contributed by atoms with Crippen molar-refractivity contribution in [3.63, 3.8) is 0 Å². The van der Waals surface area contributed by atoms with E-state index >= 15 is 0 Å². The summed E-state index contributed by atoms with van der Waals surface area (Å²) in [6.45, 7) is 11.1. The van der Waals surface area contributed by atoms with Crippen molar-refractivity contribution in [1.29, 1.82) is 0 Å². The number of benzene rings is 2. The fourth-order valence-electron chi connectivity index (χ4n) is 4.39. The number of ether oxygens (including phenoxy) is 3. The summed E-state index contributed by atoms with van der Waals surface area (Å²) >= 11 is 0. The Labute approximate surface area is 230 Å². The highest BCUT2D eigenvalue weighted by Crippen LogP contribution is 2.27. The predicted octanol–water partition coefficient (Wildman–Crippen LogP) is 5.01. The number of nitrogens with zero attached hydrogens (tertiary/aromatic N) is 2. The van der Waals surface area contributed by atoms with Crippen molar-refractivity contribution >= 4 is 5.91 Å². The van der Waals surface area contributed by atoms with Gasteiger partial charge in [0, 0.05) is 37.8 Å². The molecule has 0 atom stereocenters. The second kappa shape index (κ2) is 14.1. The highest BCUT2D eigenvalue weighted by molar-refractivity contribution is 5.78. The topological polar surface area (TPSA) is 72.9 Å². The zero-order chi connectivity index (χ0) is 27.6. The van der Waals surface area contributed by atoms with Gasteiger partial charge in [-0.2, -0.15) is 0 Å². The Bertz CT molecular complexity index is 1230. The Morgan fingerprint density at radius 2 is 1.82 bits per heavy atom. The number of carbonyl (C=O) groups excluding carboxylic acids is 1. The number of hydrogen-bond donors (Lipinski definition) is 1. The normalized spacial score (nSPS) is 13.9. The SMILES string of the molecule is CCOc1ccc(-c2ccc(CC(=O)NCc3cc(F)cc(OCC(C)C)c3)nc2CN2CCOCC2)cc1. The molecule has 2 heterocycles. The molecule has 0 radical (unpaired) electrons. The van der Waals surface area contributed by atoms with E-state index < -0.39 is 0 Å². The maximum absolute atomic E-state index is 14.1. The molecule has 2 aromatic carbocycles. The Hall–Kier alpha value is -3.49. The Morgan fingerprint density at radius 1 is 1.05 bits per heavy atom.